The molecule has 0 unspecified atom stereocenters. The highest BCUT2D eigenvalue weighted by atomic mass is 79.9. The number of hydrogen-bond acceptors (Lipinski definition) is 4. The number of nitrogens with one attached hydrogen (secondary N) is 2. The minimum absolute atomic E-state index is 0.156. The Morgan fingerprint density at radius 3 is 2.67 bits per heavy atom. The first-order valence-corrected chi connectivity index (χ1v) is 10.1. The lowest BCUT2D eigenvalue weighted by Gasteiger charge is -2.23. The first kappa shape index (κ1) is 20.1. The standard InChI is InChI=1S/C21H26BrFN2O2/c1-26-20-10-17(13-25-12-15-6-8-24-9-7-15)18(22)11-21(20)27-14-16-4-2-3-5-19(16)23/h2-5,10-11,15,24-25H,6-9,12-14H2,1H3. The van der Waals surface area contributed by atoms with Crippen molar-refractivity contribution in [2.45, 2.75) is 26.0 Å². The molecule has 1 fully saturated rings. The van der Waals surface area contributed by atoms with Crippen LogP contribution in [0.3, 0.4) is 0 Å². The van der Waals surface area contributed by atoms with Crippen molar-refractivity contribution >= 4 is 15.9 Å². The Balaban J connectivity index is 1.61. The van der Waals surface area contributed by atoms with E-state index in [1.807, 2.05) is 12.1 Å². The molecule has 0 aromatic heterocycles. The zero-order valence-corrected chi connectivity index (χ0v) is 17.1. The summed E-state index contributed by atoms with van der Waals surface area (Å²) < 4.78 is 26.0. The van der Waals surface area contributed by atoms with Crippen molar-refractivity contribution in [2.75, 3.05) is 26.7 Å². The molecule has 2 aromatic rings. The van der Waals surface area contributed by atoms with Crippen molar-refractivity contribution in [3.63, 3.8) is 0 Å². The number of methoxy groups -OCH3 is 1. The van der Waals surface area contributed by atoms with Gasteiger partial charge in [-0.05, 0) is 62.2 Å². The van der Waals surface area contributed by atoms with Crippen LogP contribution >= 0.6 is 15.9 Å². The molecule has 1 saturated heterocycles. The van der Waals surface area contributed by atoms with Crippen LogP contribution < -0.4 is 20.1 Å². The Labute approximate surface area is 168 Å². The van der Waals surface area contributed by atoms with Gasteiger partial charge in [0.15, 0.2) is 11.5 Å². The molecule has 2 N–H and O–H groups in total. The van der Waals surface area contributed by atoms with Gasteiger partial charge in [-0.1, -0.05) is 34.1 Å². The highest BCUT2D eigenvalue weighted by Gasteiger charge is 2.14. The van der Waals surface area contributed by atoms with Gasteiger partial charge in [0.2, 0.25) is 0 Å². The molecular weight excluding hydrogens is 411 g/mol. The van der Waals surface area contributed by atoms with Gasteiger partial charge in [-0.3, -0.25) is 0 Å². The van der Waals surface area contributed by atoms with E-state index in [1.54, 1.807) is 25.3 Å². The number of benzene rings is 2. The van der Waals surface area contributed by atoms with Gasteiger partial charge in [0, 0.05) is 16.6 Å². The molecule has 0 saturated carbocycles. The predicted molar refractivity (Wildman–Crippen MR) is 109 cm³/mol. The topological polar surface area (TPSA) is 42.5 Å². The van der Waals surface area contributed by atoms with E-state index < -0.39 is 0 Å². The molecule has 3 rings (SSSR count). The molecule has 0 bridgehead atoms. The van der Waals surface area contributed by atoms with Gasteiger partial charge in [-0.15, -0.1) is 0 Å². The summed E-state index contributed by atoms with van der Waals surface area (Å²) in [6.45, 7) is 4.15. The molecule has 2 aromatic carbocycles. The minimum Gasteiger partial charge on any atom is -0.493 e. The maximum Gasteiger partial charge on any atom is 0.162 e. The number of piperidine rings is 1. The molecular formula is C21H26BrFN2O2. The van der Waals surface area contributed by atoms with E-state index in [9.17, 15) is 4.39 Å². The quantitative estimate of drug-likeness (QED) is 0.648. The fraction of sp³-hybridized carbons (Fsp3) is 0.429. The number of hydrogen-bond donors (Lipinski definition) is 2. The molecule has 0 radical (unpaired) electrons. The SMILES string of the molecule is COc1cc(CNCC2CCNCC2)c(Br)cc1OCc1ccccc1F. The van der Waals surface area contributed by atoms with Crippen molar-refractivity contribution in [2.24, 2.45) is 5.92 Å². The molecule has 6 heteroatoms. The zero-order chi connectivity index (χ0) is 19.1. The molecule has 0 atom stereocenters. The fourth-order valence-electron chi connectivity index (χ4n) is 3.25. The van der Waals surface area contributed by atoms with Gasteiger partial charge in [0.25, 0.3) is 0 Å². The smallest absolute Gasteiger partial charge is 0.162 e. The lowest BCUT2D eigenvalue weighted by molar-refractivity contribution is 0.279. The Hall–Kier alpha value is -1.63. The van der Waals surface area contributed by atoms with Crippen LogP contribution in [0, 0.1) is 11.7 Å². The third kappa shape index (κ3) is 5.67. The summed E-state index contributed by atoms with van der Waals surface area (Å²) in [4.78, 5) is 0. The second kappa shape index (κ2) is 10.1. The number of ether oxygens (including phenoxy) is 2. The van der Waals surface area contributed by atoms with Gasteiger partial charge >= 0.3 is 0 Å². The van der Waals surface area contributed by atoms with Crippen LogP contribution in [0.5, 0.6) is 11.5 Å². The van der Waals surface area contributed by atoms with Gasteiger partial charge in [-0.2, -0.15) is 0 Å². The summed E-state index contributed by atoms with van der Waals surface area (Å²) in [5.41, 5.74) is 1.63. The maximum absolute atomic E-state index is 13.8. The Kier molecular flexibility index (Phi) is 7.50. The molecule has 4 nitrogen and oxygen atoms in total. The molecule has 146 valence electrons. The van der Waals surface area contributed by atoms with Crippen molar-refractivity contribution in [1.29, 1.82) is 0 Å². The third-order valence-electron chi connectivity index (χ3n) is 4.88. The molecule has 27 heavy (non-hydrogen) atoms. The Morgan fingerprint density at radius 2 is 1.93 bits per heavy atom. The Morgan fingerprint density at radius 1 is 1.15 bits per heavy atom. The predicted octanol–water partition coefficient (Wildman–Crippen LogP) is 4.27. The highest BCUT2D eigenvalue weighted by molar-refractivity contribution is 9.10. The van der Waals surface area contributed by atoms with Crippen LogP contribution in [0.2, 0.25) is 0 Å². The van der Waals surface area contributed by atoms with Crippen LogP contribution in [0.25, 0.3) is 0 Å². The summed E-state index contributed by atoms with van der Waals surface area (Å²) in [5.74, 6) is 1.70. The maximum atomic E-state index is 13.8. The van der Waals surface area contributed by atoms with Crippen LogP contribution in [-0.2, 0) is 13.2 Å². The van der Waals surface area contributed by atoms with Gasteiger partial charge in [-0.25, -0.2) is 4.39 Å². The summed E-state index contributed by atoms with van der Waals surface area (Å²) in [7, 11) is 1.62. The average Bonchev–Trinajstić information content (AvgIpc) is 2.69. The summed E-state index contributed by atoms with van der Waals surface area (Å²) in [6.07, 6.45) is 2.45. The lowest BCUT2D eigenvalue weighted by Crippen LogP contribution is -2.33. The van der Waals surface area contributed by atoms with Crippen LogP contribution in [0.4, 0.5) is 4.39 Å². The van der Waals surface area contributed by atoms with E-state index in [0.29, 0.717) is 17.1 Å². The largest absolute Gasteiger partial charge is 0.493 e. The molecule has 1 aliphatic heterocycles. The van der Waals surface area contributed by atoms with Gasteiger partial charge in [0.05, 0.1) is 7.11 Å². The summed E-state index contributed by atoms with van der Waals surface area (Å²) in [5, 5.41) is 6.94. The second-order valence-corrected chi connectivity index (χ2v) is 7.65. The fourth-order valence-corrected chi connectivity index (χ4v) is 3.72. The van der Waals surface area contributed by atoms with E-state index >= 15 is 0 Å². The second-order valence-electron chi connectivity index (χ2n) is 6.80. The van der Waals surface area contributed by atoms with Crippen molar-refractivity contribution in [3.8, 4) is 11.5 Å². The lowest BCUT2D eigenvalue weighted by atomic mass is 9.98. The van der Waals surface area contributed by atoms with E-state index in [2.05, 4.69) is 26.6 Å². The van der Waals surface area contributed by atoms with E-state index in [1.165, 1.54) is 18.9 Å². The molecule has 1 heterocycles. The summed E-state index contributed by atoms with van der Waals surface area (Å²) in [6, 6.07) is 10.5. The highest BCUT2D eigenvalue weighted by Crippen LogP contribution is 2.34. The zero-order valence-electron chi connectivity index (χ0n) is 15.6. The summed E-state index contributed by atoms with van der Waals surface area (Å²) >= 11 is 3.62. The van der Waals surface area contributed by atoms with E-state index in [4.69, 9.17) is 9.47 Å². The third-order valence-corrected chi connectivity index (χ3v) is 5.62. The van der Waals surface area contributed by atoms with E-state index in [0.717, 1.165) is 42.1 Å². The van der Waals surface area contributed by atoms with Crippen molar-refractivity contribution in [1.82, 2.24) is 10.6 Å². The molecule has 0 amide bonds. The average molecular weight is 437 g/mol. The number of halogens is 2. The van der Waals surface area contributed by atoms with Crippen LogP contribution in [0.1, 0.15) is 24.0 Å². The van der Waals surface area contributed by atoms with Gasteiger partial charge < -0.3 is 20.1 Å². The minimum atomic E-state index is -0.269. The first-order valence-electron chi connectivity index (χ1n) is 9.31. The van der Waals surface area contributed by atoms with Gasteiger partial charge in [0.1, 0.15) is 12.4 Å². The number of rotatable bonds is 8. The van der Waals surface area contributed by atoms with Crippen LogP contribution in [-0.4, -0.2) is 26.7 Å². The Bertz CT molecular complexity index is 751. The molecule has 0 aliphatic carbocycles. The molecule has 0 spiro atoms. The first-order chi connectivity index (χ1) is 13.2. The van der Waals surface area contributed by atoms with E-state index in [-0.39, 0.29) is 12.4 Å². The van der Waals surface area contributed by atoms with Crippen molar-refractivity contribution in [3.05, 3.63) is 57.8 Å². The van der Waals surface area contributed by atoms with Crippen LogP contribution in [0.15, 0.2) is 40.9 Å². The normalized spacial score (nSPS) is 14.9. The van der Waals surface area contributed by atoms with Crippen molar-refractivity contribution < 1.29 is 13.9 Å². The molecule has 1 aliphatic rings. The monoisotopic (exact) mass is 436 g/mol.